The highest BCUT2D eigenvalue weighted by molar-refractivity contribution is 8.18. The minimum Gasteiger partial charge on any atom is -0.454 e. The number of thioether (sulfide) groups is 1. The smallest absolute Gasteiger partial charge is 0.294 e. The number of imide groups is 1. The molecular weight excluding hydrogens is 484 g/mol. The highest BCUT2D eigenvalue weighted by atomic mass is 32.2. The molecule has 0 bridgehead atoms. The van der Waals surface area contributed by atoms with E-state index in [2.05, 4.69) is 36.5 Å². The minimum atomic E-state index is -0.487. The predicted molar refractivity (Wildman–Crippen MR) is 136 cm³/mol. The summed E-state index contributed by atoms with van der Waals surface area (Å²) in [4.78, 5) is 41.1. The molecule has 0 aliphatic carbocycles. The topological polar surface area (TPSA) is 84.9 Å². The Morgan fingerprint density at radius 1 is 1.00 bits per heavy atom. The third-order valence-corrected chi connectivity index (χ3v) is 7.19. The van der Waals surface area contributed by atoms with Crippen LogP contribution >= 0.6 is 23.5 Å². The number of anilines is 1. The summed E-state index contributed by atoms with van der Waals surface area (Å²) in [6.07, 6.45) is 1.67. The van der Waals surface area contributed by atoms with Crippen molar-refractivity contribution in [1.29, 1.82) is 0 Å². The van der Waals surface area contributed by atoms with Gasteiger partial charge in [-0.3, -0.25) is 19.3 Å². The van der Waals surface area contributed by atoms with E-state index in [0.29, 0.717) is 17.2 Å². The number of nitrogens with zero attached hydrogens (tertiary/aromatic N) is 1. The van der Waals surface area contributed by atoms with Gasteiger partial charge in [0.1, 0.15) is 6.54 Å². The van der Waals surface area contributed by atoms with Crippen LogP contribution in [0.3, 0.4) is 0 Å². The number of nitrogens with one attached hydrogen (secondary N) is 1. The van der Waals surface area contributed by atoms with Gasteiger partial charge in [0.25, 0.3) is 11.1 Å². The first-order valence-corrected chi connectivity index (χ1v) is 12.4. The number of carbonyl (C=O) groups is 3. The lowest BCUT2D eigenvalue weighted by Gasteiger charge is -2.12. The molecule has 0 aromatic heterocycles. The van der Waals surface area contributed by atoms with Gasteiger partial charge in [-0.25, -0.2) is 0 Å². The molecule has 1 fully saturated rings. The van der Waals surface area contributed by atoms with Gasteiger partial charge in [0.2, 0.25) is 12.7 Å². The number of hydrogen-bond acceptors (Lipinski definition) is 7. The molecule has 1 N–H and O–H groups in total. The van der Waals surface area contributed by atoms with E-state index < -0.39 is 17.1 Å². The highest BCUT2D eigenvalue weighted by Crippen LogP contribution is 2.35. The van der Waals surface area contributed by atoms with Crippen molar-refractivity contribution in [3.8, 4) is 11.5 Å². The first-order valence-electron chi connectivity index (χ1n) is 10.7. The molecule has 2 aliphatic heterocycles. The maximum Gasteiger partial charge on any atom is 0.294 e. The second-order valence-corrected chi connectivity index (χ2v) is 10.0. The van der Waals surface area contributed by atoms with E-state index in [-0.39, 0.29) is 18.2 Å². The molecule has 0 radical (unpaired) electrons. The summed E-state index contributed by atoms with van der Waals surface area (Å²) in [7, 11) is 0. The van der Waals surface area contributed by atoms with Crippen molar-refractivity contribution in [3.05, 3.63) is 82.8 Å². The van der Waals surface area contributed by atoms with E-state index in [1.54, 1.807) is 36.0 Å². The second-order valence-electron chi connectivity index (χ2n) is 7.87. The Balaban J connectivity index is 1.21. The van der Waals surface area contributed by atoms with Crippen molar-refractivity contribution in [3.63, 3.8) is 0 Å². The Bertz CT molecular complexity index is 1340. The fraction of sp³-hybridized carbons (Fsp3) is 0.115. The van der Waals surface area contributed by atoms with E-state index in [9.17, 15) is 14.4 Å². The Kier molecular flexibility index (Phi) is 6.52. The van der Waals surface area contributed by atoms with Crippen LogP contribution in [0.15, 0.2) is 81.4 Å². The quantitative estimate of drug-likeness (QED) is 0.441. The number of amides is 3. The van der Waals surface area contributed by atoms with Gasteiger partial charge in [-0.05, 0) is 66.7 Å². The number of carbonyl (C=O) groups excluding carboxylic acids is 3. The van der Waals surface area contributed by atoms with Crippen molar-refractivity contribution < 1.29 is 23.9 Å². The second kappa shape index (κ2) is 9.89. The van der Waals surface area contributed by atoms with Crippen LogP contribution in [-0.2, 0) is 9.59 Å². The normalized spacial score (nSPS) is 15.7. The first-order chi connectivity index (χ1) is 16.9. The van der Waals surface area contributed by atoms with Crippen LogP contribution in [0.5, 0.6) is 11.5 Å². The zero-order valence-corrected chi connectivity index (χ0v) is 20.3. The van der Waals surface area contributed by atoms with Crippen molar-refractivity contribution in [2.75, 3.05) is 18.7 Å². The highest BCUT2D eigenvalue weighted by Gasteiger charge is 2.36. The molecule has 3 amide bonds. The Labute approximate surface area is 210 Å². The zero-order valence-electron chi connectivity index (χ0n) is 18.6. The number of benzene rings is 3. The largest absolute Gasteiger partial charge is 0.454 e. The van der Waals surface area contributed by atoms with Crippen molar-refractivity contribution in [2.24, 2.45) is 0 Å². The molecular formula is C26H20N2O5S2. The van der Waals surface area contributed by atoms with Crippen LogP contribution in [0.4, 0.5) is 10.5 Å². The van der Waals surface area contributed by atoms with Gasteiger partial charge in [0.15, 0.2) is 11.5 Å². The maximum atomic E-state index is 12.8. The van der Waals surface area contributed by atoms with Crippen LogP contribution in [0.2, 0.25) is 0 Å². The SMILES string of the molecule is Cc1ccc(Sc2ccc(/C=C3\SC(=O)N(CC(=O)Nc4ccc5c(c4)OCO5)C3=O)cc2)cc1. The summed E-state index contributed by atoms with van der Waals surface area (Å²) in [6.45, 7) is 1.81. The van der Waals surface area contributed by atoms with Crippen LogP contribution < -0.4 is 14.8 Å². The van der Waals surface area contributed by atoms with Crippen molar-refractivity contribution in [2.45, 2.75) is 16.7 Å². The molecule has 0 spiro atoms. The standard InChI is InChI=1S/C26H20N2O5S2/c1-16-2-7-19(8-3-16)34-20-9-4-17(5-10-20)12-23-25(30)28(26(31)35-23)14-24(29)27-18-6-11-21-22(13-18)33-15-32-21/h2-13H,14-15H2,1H3,(H,27,29)/b23-12-. The van der Waals surface area contributed by atoms with E-state index in [0.717, 1.165) is 32.0 Å². The molecule has 0 saturated carbocycles. The van der Waals surface area contributed by atoms with E-state index in [1.165, 1.54) is 5.56 Å². The lowest BCUT2D eigenvalue weighted by atomic mass is 10.2. The average molecular weight is 505 g/mol. The number of rotatable bonds is 6. The fourth-order valence-electron chi connectivity index (χ4n) is 3.48. The molecule has 2 aliphatic rings. The molecule has 9 heteroatoms. The van der Waals surface area contributed by atoms with Gasteiger partial charge < -0.3 is 14.8 Å². The summed E-state index contributed by atoms with van der Waals surface area (Å²) in [6, 6.07) is 21.0. The molecule has 0 atom stereocenters. The van der Waals surface area contributed by atoms with Gasteiger partial charge in [0, 0.05) is 21.5 Å². The first kappa shape index (κ1) is 23.1. The molecule has 7 nitrogen and oxygen atoms in total. The Hall–Kier alpha value is -3.69. The summed E-state index contributed by atoms with van der Waals surface area (Å²) < 4.78 is 10.5. The minimum absolute atomic E-state index is 0.129. The third-order valence-electron chi connectivity index (χ3n) is 5.27. The molecule has 1 saturated heterocycles. The molecule has 3 aromatic rings. The maximum absolute atomic E-state index is 12.8. The summed E-state index contributed by atoms with van der Waals surface area (Å²) in [5, 5.41) is 2.20. The average Bonchev–Trinajstić information content (AvgIpc) is 3.41. The van der Waals surface area contributed by atoms with Gasteiger partial charge in [-0.15, -0.1) is 0 Å². The van der Waals surface area contributed by atoms with Crippen molar-refractivity contribution >= 4 is 52.3 Å². The van der Waals surface area contributed by atoms with Crippen LogP contribution in [0.25, 0.3) is 6.08 Å². The lowest BCUT2D eigenvalue weighted by Crippen LogP contribution is -2.36. The molecule has 3 aromatic carbocycles. The number of fused-ring (bicyclic) bond motifs is 1. The Morgan fingerprint density at radius 2 is 1.69 bits per heavy atom. The summed E-state index contributed by atoms with van der Waals surface area (Å²) >= 11 is 2.47. The lowest BCUT2D eigenvalue weighted by molar-refractivity contribution is -0.127. The molecule has 176 valence electrons. The summed E-state index contributed by atoms with van der Waals surface area (Å²) in [5.41, 5.74) is 2.50. The fourth-order valence-corrected chi connectivity index (χ4v) is 5.14. The van der Waals surface area contributed by atoms with Gasteiger partial charge in [0.05, 0.1) is 4.91 Å². The number of ether oxygens (including phenoxy) is 2. The van der Waals surface area contributed by atoms with E-state index in [1.807, 2.05) is 24.3 Å². The number of hydrogen-bond donors (Lipinski definition) is 1. The van der Waals surface area contributed by atoms with Gasteiger partial charge in [-0.2, -0.15) is 0 Å². The van der Waals surface area contributed by atoms with E-state index in [4.69, 9.17) is 9.47 Å². The molecule has 0 unspecified atom stereocenters. The monoisotopic (exact) mass is 504 g/mol. The van der Waals surface area contributed by atoms with Crippen LogP contribution in [-0.4, -0.2) is 35.3 Å². The van der Waals surface area contributed by atoms with Crippen LogP contribution in [0, 0.1) is 6.92 Å². The van der Waals surface area contributed by atoms with Gasteiger partial charge in [-0.1, -0.05) is 41.6 Å². The predicted octanol–water partition coefficient (Wildman–Crippen LogP) is 5.55. The van der Waals surface area contributed by atoms with Gasteiger partial charge >= 0.3 is 0 Å². The zero-order chi connectivity index (χ0) is 24.4. The Morgan fingerprint density at radius 3 is 2.43 bits per heavy atom. The van der Waals surface area contributed by atoms with Crippen molar-refractivity contribution in [1.82, 2.24) is 4.90 Å². The molecule has 2 heterocycles. The summed E-state index contributed by atoms with van der Waals surface area (Å²) in [5.74, 6) is 0.157. The molecule has 35 heavy (non-hydrogen) atoms. The number of aryl methyl sites for hydroxylation is 1. The third kappa shape index (κ3) is 5.36. The van der Waals surface area contributed by atoms with E-state index >= 15 is 0 Å². The molecule has 5 rings (SSSR count). The van der Waals surface area contributed by atoms with Crippen LogP contribution in [0.1, 0.15) is 11.1 Å².